The van der Waals surface area contributed by atoms with Crippen LogP contribution in [-0.4, -0.2) is 36.1 Å². The van der Waals surface area contributed by atoms with Gasteiger partial charge in [-0.05, 0) is 80.3 Å². The molecule has 178 valence electrons. The Labute approximate surface area is 201 Å². The van der Waals surface area contributed by atoms with Crippen LogP contribution in [0, 0.1) is 0 Å². The molecule has 6 heteroatoms. The molecule has 2 saturated heterocycles. The fraction of sp³-hybridized carbons (Fsp3) is 0.556. The summed E-state index contributed by atoms with van der Waals surface area (Å²) in [4.78, 5) is 24.8. The first kappa shape index (κ1) is 24.0. The van der Waals surface area contributed by atoms with Gasteiger partial charge in [0.05, 0.1) is 5.60 Å². The van der Waals surface area contributed by atoms with Gasteiger partial charge in [0.25, 0.3) is 0 Å². The summed E-state index contributed by atoms with van der Waals surface area (Å²) in [6.07, 6.45) is 6.03. The third-order valence-electron chi connectivity index (χ3n) is 7.34. The molecule has 2 amide bonds. The molecule has 0 radical (unpaired) electrons. The Morgan fingerprint density at radius 2 is 1.97 bits per heavy atom. The van der Waals surface area contributed by atoms with Gasteiger partial charge in [0, 0.05) is 36.9 Å². The second kappa shape index (κ2) is 9.98. The van der Waals surface area contributed by atoms with Crippen LogP contribution in [0.3, 0.4) is 0 Å². The van der Waals surface area contributed by atoms with Gasteiger partial charge in [-0.3, -0.25) is 9.59 Å². The van der Waals surface area contributed by atoms with Crippen LogP contribution >= 0.6 is 11.3 Å². The molecule has 3 heterocycles. The van der Waals surface area contributed by atoms with E-state index in [0.717, 1.165) is 38.7 Å². The van der Waals surface area contributed by atoms with E-state index in [4.69, 9.17) is 4.74 Å². The van der Waals surface area contributed by atoms with Crippen LogP contribution in [0.1, 0.15) is 69.9 Å². The average molecular weight is 469 g/mol. The number of carbonyl (C=O) groups is 2. The lowest BCUT2D eigenvalue weighted by molar-refractivity contribution is -0.123. The standard InChI is InChI=1S/C27H36N2O3S/c1-25(2)20-26(14-16-32-25,22-6-4-3-5-7-22)13-15-28-23(30)8-11-27(12-9-24(31)29-27)18-21-10-17-33-19-21/h3-7,10,17,19H,8-9,11-16,18,20H2,1-2H3,(H,28,30)(H,29,31). The maximum Gasteiger partial charge on any atom is 0.220 e. The van der Waals surface area contributed by atoms with Crippen molar-refractivity contribution in [3.05, 3.63) is 58.3 Å². The van der Waals surface area contributed by atoms with Gasteiger partial charge in [0.2, 0.25) is 11.8 Å². The van der Waals surface area contributed by atoms with E-state index in [1.807, 2.05) is 0 Å². The summed E-state index contributed by atoms with van der Waals surface area (Å²) in [5.74, 6) is 0.160. The van der Waals surface area contributed by atoms with Crippen LogP contribution in [-0.2, 0) is 26.2 Å². The van der Waals surface area contributed by atoms with Gasteiger partial charge in [0.1, 0.15) is 0 Å². The third-order valence-corrected chi connectivity index (χ3v) is 8.07. The summed E-state index contributed by atoms with van der Waals surface area (Å²) < 4.78 is 6.01. The van der Waals surface area contributed by atoms with Crippen LogP contribution in [0.2, 0.25) is 0 Å². The van der Waals surface area contributed by atoms with Crippen molar-refractivity contribution in [1.82, 2.24) is 10.6 Å². The molecule has 33 heavy (non-hydrogen) atoms. The Balaban J connectivity index is 1.34. The zero-order valence-corrected chi connectivity index (χ0v) is 20.6. The molecule has 2 atom stereocenters. The second-order valence-corrected chi connectivity index (χ2v) is 11.2. The highest BCUT2D eigenvalue weighted by molar-refractivity contribution is 7.07. The van der Waals surface area contributed by atoms with E-state index < -0.39 is 0 Å². The second-order valence-electron chi connectivity index (χ2n) is 10.4. The van der Waals surface area contributed by atoms with Crippen molar-refractivity contribution >= 4 is 23.2 Å². The van der Waals surface area contributed by atoms with Crippen molar-refractivity contribution in [3.63, 3.8) is 0 Å². The Bertz CT molecular complexity index is 944. The topological polar surface area (TPSA) is 67.4 Å². The van der Waals surface area contributed by atoms with E-state index in [1.54, 1.807) is 11.3 Å². The van der Waals surface area contributed by atoms with E-state index in [0.29, 0.717) is 25.8 Å². The number of nitrogens with one attached hydrogen (secondary N) is 2. The van der Waals surface area contributed by atoms with Crippen molar-refractivity contribution in [3.8, 4) is 0 Å². The van der Waals surface area contributed by atoms with Gasteiger partial charge in [-0.25, -0.2) is 0 Å². The number of ether oxygens (including phenoxy) is 1. The molecule has 2 aromatic rings. The van der Waals surface area contributed by atoms with Gasteiger partial charge in [0.15, 0.2) is 0 Å². The molecule has 0 saturated carbocycles. The summed E-state index contributed by atoms with van der Waals surface area (Å²) in [6.45, 7) is 5.70. The van der Waals surface area contributed by atoms with E-state index in [1.165, 1.54) is 11.1 Å². The monoisotopic (exact) mass is 468 g/mol. The summed E-state index contributed by atoms with van der Waals surface area (Å²) in [5, 5.41) is 10.5. The summed E-state index contributed by atoms with van der Waals surface area (Å²) >= 11 is 1.67. The number of rotatable bonds is 9. The van der Waals surface area contributed by atoms with E-state index in [-0.39, 0.29) is 28.4 Å². The van der Waals surface area contributed by atoms with E-state index in [2.05, 4.69) is 71.6 Å². The van der Waals surface area contributed by atoms with E-state index in [9.17, 15) is 9.59 Å². The molecule has 1 aromatic heterocycles. The number of hydrogen-bond donors (Lipinski definition) is 2. The zero-order chi connectivity index (χ0) is 23.4. The molecule has 4 rings (SSSR count). The number of benzene rings is 1. The lowest BCUT2D eigenvalue weighted by Crippen LogP contribution is -2.46. The zero-order valence-electron chi connectivity index (χ0n) is 19.8. The van der Waals surface area contributed by atoms with Gasteiger partial charge < -0.3 is 15.4 Å². The molecule has 0 bridgehead atoms. The number of carbonyl (C=O) groups excluding carboxylic acids is 2. The highest BCUT2D eigenvalue weighted by atomic mass is 32.1. The van der Waals surface area contributed by atoms with Crippen LogP contribution < -0.4 is 10.6 Å². The molecule has 1 aromatic carbocycles. The number of thiophene rings is 1. The fourth-order valence-electron chi connectivity index (χ4n) is 5.72. The molecule has 2 aliphatic rings. The molecule has 2 unspecified atom stereocenters. The largest absolute Gasteiger partial charge is 0.376 e. The van der Waals surface area contributed by atoms with Crippen LogP contribution in [0.25, 0.3) is 0 Å². The minimum absolute atomic E-state index is 0.00981. The first-order valence-corrected chi connectivity index (χ1v) is 13.0. The minimum atomic E-state index is -0.300. The van der Waals surface area contributed by atoms with Gasteiger partial charge in [-0.1, -0.05) is 30.3 Å². The van der Waals surface area contributed by atoms with Crippen molar-refractivity contribution in [2.45, 2.75) is 81.8 Å². The fourth-order valence-corrected chi connectivity index (χ4v) is 6.39. The molecule has 5 nitrogen and oxygen atoms in total. The molecular weight excluding hydrogens is 432 g/mol. The predicted molar refractivity (Wildman–Crippen MR) is 132 cm³/mol. The normalized spacial score (nSPS) is 26.7. The Morgan fingerprint density at radius 3 is 2.64 bits per heavy atom. The minimum Gasteiger partial charge on any atom is -0.376 e. The van der Waals surface area contributed by atoms with Crippen LogP contribution in [0.4, 0.5) is 0 Å². The lowest BCUT2D eigenvalue weighted by atomic mass is 9.67. The number of hydrogen-bond acceptors (Lipinski definition) is 4. The summed E-state index contributed by atoms with van der Waals surface area (Å²) in [7, 11) is 0. The van der Waals surface area contributed by atoms with Crippen molar-refractivity contribution < 1.29 is 14.3 Å². The highest BCUT2D eigenvalue weighted by Crippen LogP contribution is 2.43. The van der Waals surface area contributed by atoms with Crippen LogP contribution in [0.5, 0.6) is 0 Å². The Hall–Kier alpha value is -2.18. The maximum atomic E-state index is 12.8. The predicted octanol–water partition coefficient (Wildman–Crippen LogP) is 4.75. The molecule has 2 N–H and O–H groups in total. The maximum absolute atomic E-state index is 12.8. The molecular formula is C27H36N2O3S. The highest BCUT2D eigenvalue weighted by Gasteiger charge is 2.42. The van der Waals surface area contributed by atoms with Crippen molar-refractivity contribution in [2.24, 2.45) is 0 Å². The summed E-state index contributed by atoms with van der Waals surface area (Å²) in [5.41, 5.74) is 2.10. The molecule has 2 fully saturated rings. The third kappa shape index (κ3) is 6.04. The average Bonchev–Trinajstić information content (AvgIpc) is 3.42. The number of amides is 2. The SMILES string of the molecule is CC1(C)CC(CCNC(=O)CCC2(Cc3ccsc3)CCC(=O)N2)(c2ccccc2)CCO1. The van der Waals surface area contributed by atoms with Crippen molar-refractivity contribution in [1.29, 1.82) is 0 Å². The lowest BCUT2D eigenvalue weighted by Gasteiger charge is -2.45. The van der Waals surface area contributed by atoms with Gasteiger partial charge >= 0.3 is 0 Å². The Morgan fingerprint density at radius 1 is 1.15 bits per heavy atom. The summed E-state index contributed by atoms with van der Waals surface area (Å²) in [6, 6.07) is 12.8. The Kier molecular flexibility index (Phi) is 7.25. The van der Waals surface area contributed by atoms with Gasteiger partial charge in [-0.15, -0.1) is 0 Å². The molecule has 0 aliphatic carbocycles. The van der Waals surface area contributed by atoms with Crippen LogP contribution in [0.15, 0.2) is 47.2 Å². The van der Waals surface area contributed by atoms with Gasteiger partial charge in [-0.2, -0.15) is 11.3 Å². The van der Waals surface area contributed by atoms with Crippen molar-refractivity contribution in [2.75, 3.05) is 13.2 Å². The van der Waals surface area contributed by atoms with E-state index >= 15 is 0 Å². The first-order valence-electron chi connectivity index (χ1n) is 12.1. The smallest absolute Gasteiger partial charge is 0.220 e. The first-order chi connectivity index (χ1) is 15.8. The molecule has 0 spiro atoms. The molecule has 2 aliphatic heterocycles. The quantitative estimate of drug-likeness (QED) is 0.558.